The van der Waals surface area contributed by atoms with Gasteiger partial charge in [0.25, 0.3) is 0 Å². The summed E-state index contributed by atoms with van der Waals surface area (Å²) >= 11 is 3.11. The van der Waals surface area contributed by atoms with Crippen LogP contribution in [0.5, 0.6) is 0 Å². The zero-order valence-corrected chi connectivity index (χ0v) is 13.4. The molecule has 0 spiro atoms. The zero-order chi connectivity index (χ0) is 14.9. The number of halogens is 2. The standard InChI is InChI=1S/C17H18BrFO/c1-17(2,3)13-7-4-11(5-8-13)16(20)12-6-9-14(18)15(19)10-12/h4-10,16,20H,1-3H3. The highest BCUT2D eigenvalue weighted by molar-refractivity contribution is 9.10. The summed E-state index contributed by atoms with van der Waals surface area (Å²) in [6.45, 7) is 6.42. The predicted molar refractivity (Wildman–Crippen MR) is 83.3 cm³/mol. The fourth-order valence-corrected chi connectivity index (χ4v) is 2.29. The minimum Gasteiger partial charge on any atom is -0.384 e. The first-order chi connectivity index (χ1) is 9.29. The molecular weight excluding hydrogens is 319 g/mol. The van der Waals surface area contributed by atoms with Gasteiger partial charge in [-0.3, -0.25) is 0 Å². The molecule has 1 nitrogen and oxygen atoms in total. The molecule has 2 aromatic carbocycles. The second-order valence-electron chi connectivity index (χ2n) is 5.95. The highest BCUT2D eigenvalue weighted by Crippen LogP contribution is 2.28. The summed E-state index contributed by atoms with van der Waals surface area (Å²) in [4.78, 5) is 0. The fraction of sp³-hybridized carbons (Fsp3) is 0.294. The third kappa shape index (κ3) is 3.28. The molecule has 1 N–H and O–H groups in total. The first-order valence-corrected chi connectivity index (χ1v) is 7.32. The van der Waals surface area contributed by atoms with Gasteiger partial charge in [-0.05, 0) is 50.2 Å². The molecule has 1 unspecified atom stereocenters. The zero-order valence-electron chi connectivity index (χ0n) is 11.8. The number of hydrogen-bond acceptors (Lipinski definition) is 1. The lowest BCUT2D eigenvalue weighted by atomic mass is 9.86. The van der Waals surface area contributed by atoms with E-state index in [1.54, 1.807) is 12.1 Å². The molecule has 20 heavy (non-hydrogen) atoms. The Labute approximate surface area is 127 Å². The third-order valence-electron chi connectivity index (χ3n) is 3.35. The van der Waals surface area contributed by atoms with Crippen molar-refractivity contribution in [1.29, 1.82) is 0 Å². The van der Waals surface area contributed by atoms with Crippen LogP contribution in [0.1, 0.15) is 43.6 Å². The molecule has 0 amide bonds. The Hall–Kier alpha value is -1.19. The van der Waals surface area contributed by atoms with Gasteiger partial charge in [0, 0.05) is 0 Å². The molecule has 0 bridgehead atoms. The minimum atomic E-state index is -0.813. The lowest BCUT2D eigenvalue weighted by Gasteiger charge is -2.20. The van der Waals surface area contributed by atoms with Gasteiger partial charge < -0.3 is 5.11 Å². The van der Waals surface area contributed by atoms with Crippen LogP contribution < -0.4 is 0 Å². The van der Waals surface area contributed by atoms with Crippen molar-refractivity contribution in [2.24, 2.45) is 0 Å². The predicted octanol–water partition coefficient (Wildman–Crippen LogP) is 4.97. The molecule has 0 radical (unpaired) electrons. The minimum absolute atomic E-state index is 0.0766. The first kappa shape index (κ1) is 15.2. The number of aliphatic hydroxyl groups is 1. The maximum absolute atomic E-state index is 13.5. The normalized spacial score (nSPS) is 13.3. The van der Waals surface area contributed by atoms with Gasteiger partial charge in [-0.2, -0.15) is 0 Å². The summed E-state index contributed by atoms with van der Waals surface area (Å²) in [6, 6.07) is 12.5. The molecule has 0 heterocycles. The molecule has 0 aliphatic carbocycles. The summed E-state index contributed by atoms with van der Waals surface area (Å²) in [5.74, 6) is -0.368. The largest absolute Gasteiger partial charge is 0.384 e. The van der Waals surface area contributed by atoms with Crippen LogP contribution in [0, 0.1) is 5.82 Å². The molecule has 1 atom stereocenters. The lowest BCUT2D eigenvalue weighted by Crippen LogP contribution is -2.11. The van der Waals surface area contributed by atoms with Crippen LogP contribution in [-0.2, 0) is 5.41 Å². The van der Waals surface area contributed by atoms with E-state index in [-0.39, 0.29) is 11.2 Å². The molecule has 106 valence electrons. The molecule has 0 saturated heterocycles. The van der Waals surface area contributed by atoms with E-state index in [2.05, 4.69) is 36.7 Å². The lowest BCUT2D eigenvalue weighted by molar-refractivity contribution is 0.219. The smallest absolute Gasteiger partial charge is 0.137 e. The van der Waals surface area contributed by atoms with Crippen LogP contribution in [0.4, 0.5) is 4.39 Å². The Morgan fingerprint density at radius 2 is 1.55 bits per heavy atom. The van der Waals surface area contributed by atoms with Gasteiger partial charge in [0.2, 0.25) is 0 Å². The molecular formula is C17H18BrFO. The Bertz CT molecular complexity index is 599. The van der Waals surface area contributed by atoms with Crippen molar-refractivity contribution >= 4 is 15.9 Å². The Kier molecular flexibility index (Phi) is 4.31. The summed E-state index contributed by atoms with van der Waals surface area (Å²) in [7, 11) is 0. The maximum Gasteiger partial charge on any atom is 0.137 e. The molecule has 0 aromatic heterocycles. The molecule has 2 rings (SSSR count). The van der Waals surface area contributed by atoms with E-state index in [0.717, 1.165) is 5.56 Å². The highest BCUT2D eigenvalue weighted by atomic mass is 79.9. The monoisotopic (exact) mass is 336 g/mol. The molecule has 0 fully saturated rings. The molecule has 3 heteroatoms. The van der Waals surface area contributed by atoms with Crippen molar-refractivity contribution in [3.05, 3.63) is 69.4 Å². The fourth-order valence-electron chi connectivity index (χ4n) is 2.04. The first-order valence-electron chi connectivity index (χ1n) is 6.52. The van der Waals surface area contributed by atoms with E-state index in [0.29, 0.717) is 10.0 Å². The van der Waals surface area contributed by atoms with E-state index < -0.39 is 6.10 Å². The van der Waals surface area contributed by atoms with Gasteiger partial charge in [0.05, 0.1) is 4.47 Å². The average Bonchev–Trinajstić information content (AvgIpc) is 2.40. The Balaban J connectivity index is 2.29. The van der Waals surface area contributed by atoms with Gasteiger partial charge in [-0.15, -0.1) is 0 Å². The van der Waals surface area contributed by atoms with E-state index in [9.17, 15) is 9.50 Å². The van der Waals surface area contributed by atoms with Crippen molar-refractivity contribution < 1.29 is 9.50 Å². The van der Waals surface area contributed by atoms with E-state index in [1.807, 2.05) is 24.3 Å². The molecule has 2 aromatic rings. The topological polar surface area (TPSA) is 20.2 Å². The average molecular weight is 337 g/mol. The van der Waals surface area contributed by atoms with Gasteiger partial charge in [0.15, 0.2) is 0 Å². The van der Waals surface area contributed by atoms with E-state index in [4.69, 9.17) is 0 Å². The van der Waals surface area contributed by atoms with Gasteiger partial charge in [-0.25, -0.2) is 4.39 Å². The summed E-state index contributed by atoms with van der Waals surface area (Å²) < 4.78 is 13.9. The Morgan fingerprint density at radius 1 is 1.00 bits per heavy atom. The summed E-state index contributed by atoms with van der Waals surface area (Å²) in [5.41, 5.74) is 2.59. The SMILES string of the molecule is CC(C)(C)c1ccc(C(O)c2ccc(Br)c(F)c2)cc1. The molecule has 0 aliphatic heterocycles. The second-order valence-corrected chi connectivity index (χ2v) is 6.80. The van der Waals surface area contributed by atoms with Gasteiger partial charge >= 0.3 is 0 Å². The van der Waals surface area contributed by atoms with Gasteiger partial charge in [0.1, 0.15) is 11.9 Å². The third-order valence-corrected chi connectivity index (χ3v) is 3.99. The van der Waals surface area contributed by atoms with Crippen molar-refractivity contribution in [2.75, 3.05) is 0 Å². The van der Waals surface area contributed by atoms with Crippen LogP contribution in [-0.4, -0.2) is 5.11 Å². The summed E-state index contributed by atoms with van der Waals surface area (Å²) in [6.07, 6.45) is -0.813. The molecule has 0 aliphatic rings. The van der Waals surface area contributed by atoms with Gasteiger partial charge in [-0.1, -0.05) is 51.1 Å². The second kappa shape index (κ2) is 5.66. The number of hydrogen-bond donors (Lipinski definition) is 1. The maximum atomic E-state index is 13.5. The van der Waals surface area contributed by atoms with Crippen molar-refractivity contribution in [3.63, 3.8) is 0 Å². The highest BCUT2D eigenvalue weighted by Gasteiger charge is 2.16. The number of rotatable bonds is 2. The molecule has 0 saturated carbocycles. The van der Waals surface area contributed by atoms with Crippen LogP contribution in [0.15, 0.2) is 46.9 Å². The van der Waals surface area contributed by atoms with Crippen LogP contribution >= 0.6 is 15.9 Å². The van der Waals surface area contributed by atoms with Crippen LogP contribution in [0.2, 0.25) is 0 Å². The van der Waals surface area contributed by atoms with E-state index in [1.165, 1.54) is 11.6 Å². The quantitative estimate of drug-likeness (QED) is 0.821. The Morgan fingerprint density at radius 3 is 2.05 bits per heavy atom. The van der Waals surface area contributed by atoms with Crippen molar-refractivity contribution in [3.8, 4) is 0 Å². The van der Waals surface area contributed by atoms with Crippen molar-refractivity contribution in [1.82, 2.24) is 0 Å². The van der Waals surface area contributed by atoms with Crippen LogP contribution in [0.25, 0.3) is 0 Å². The number of benzene rings is 2. The summed E-state index contributed by atoms with van der Waals surface area (Å²) in [5, 5.41) is 10.3. The van der Waals surface area contributed by atoms with Crippen LogP contribution in [0.3, 0.4) is 0 Å². The van der Waals surface area contributed by atoms with E-state index >= 15 is 0 Å². The van der Waals surface area contributed by atoms with Crippen molar-refractivity contribution in [2.45, 2.75) is 32.3 Å². The number of aliphatic hydroxyl groups excluding tert-OH is 1.